The minimum atomic E-state index is -4.08. The maximum Gasteiger partial charge on any atom is 0.390 e. The average molecular weight is 292 g/mol. The number of hydrogen-bond donors (Lipinski definition) is 0. The van der Waals surface area contributed by atoms with E-state index < -0.39 is 12.6 Å². The van der Waals surface area contributed by atoms with Crippen LogP contribution in [0.4, 0.5) is 13.2 Å². The van der Waals surface area contributed by atoms with Crippen LogP contribution in [0, 0.1) is 0 Å². The van der Waals surface area contributed by atoms with Gasteiger partial charge in [0, 0.05) is 32.1 Å². The molecule has 0 saturated carbocycles. The topological polar surface area (TPSA) is 23.6 Å². The van der Waals surface area contributed by atoms with Gasteiger partial charge in [-0.3, -0.25) is 9.69 Å². The van der Waals surface area contributed by atoms with Crippen molar-refractivity contribution in [1.82, 2.24) is 9.80 Å². The highest BCUT2D eigenvalue weighted by molar-refractivity contribution is 5.77. The zero-order valence-corrected chi connectivity index (χ0v) is 11.8. The molecule has 0 bridgehead atoms. The molecule has 1 amide bonds. The van der Waals surface area contributed by atoms with Crippen LogP contribution < -0.4 is 0 Å². The molecule has 3 nitrogen and oxygen atoms in total. The van der Waals surface area contributed by atoms with Gasteiger partial charge in [-0.15, -0.1) is 0 Å². The molecule has 2 rings (SSSR count). The third-order valence-corrected chi connectivity index (χ3v) is 4.34. The monoisotopic (exact) mass is 292 g/mol. The number of piperidine rings is 1. The molecular weight excluding hydrogens is 269 g/mol. The lowest BCUT2D eigenvalue weighted by Crippen LogP contribution is -2.43. The molecule has 116 valence electrons. The highest BCUT2D eigenvalue weighted by Crippen LogP contribution is 2.25. The molecule has 0 spiro atoms. The fourth-order valence-electron chi connectivity index (χ4n) is 3.20. The summed E-state index contributed by atoms with van der Waals surface area (Å²) in [5, 5.41) is 0. The third-order valence-electron chi connectivity index (χ3n) is 4.34. The van der Waals surface area contributed by atoms with E-state index in [1.165, 1.54) is 0 Å². The molecule has 1 atom stereocenters. The Morgan fingerprint density at radius 3 is 2.55 bits per heavy atom. The number of amides is 1. The van der Waals surface area contributed by atoms with Crippen molar-refractivity contribution >= 4 is 5.91 Å². The highest BCUT2D eigenvalue weighted by atomic mass is 19.4. The zero-order chi connectivity index (χ0) is 14.6. The molecule has 0 N–H and O–H groups in total. The summed E-state index contributed by atoms with van der Waals surface area (Å²) < 4.78 is 37.0. The summed E-state index contributed by atoms with van der Waals surface area (Å²) in [5.74, 6) is 0.197. The number of alkyl halides is 3. The number of halogens is 3. The summed E-state index contributed by atoms with van der Waals surface area (Å²) in [6, 6.07) is 0.208. The first-order valence-electron chi connectivity index (χ1n) is 7.54. The van der Waals surface area contributed by atoms with Crippen LogP contribution in [0.25, 0.3) is 0 Å². The van der Waals surface area contributed by atoms with Gasteiger partial charge in [-0.25, -0.2) is 0 Å². The second-order valence-electron chi connectivity index (χ2n) is 5.82. The normalized spacial score (nSPS) is 25.4. The van der Waals surface area contributed by atoms with Crippen molar-refractivity contribution < 1.29 is 18.0 Å². The van der Waals surface area contributed by atoms with Gasteiger partial charge < -0.3 is 4.90 Å². The molecule has 0 aromatic carbocycles. The molecule has 0 aromatic heterocycles. The molecule has 2 aliphatic rings. The predicted octanol–water partition coefficient (Wildman–Crippen LogP) is 2.81. The van der Waals surface area contributed by atoms with Crippen molar-refractivity contribution in [3.63, 3.8) is 0 Å². The van der Waals surface area contributed by atoms with Gasteiger partial charge in [0.05, 0.1) is 6.42 Å². The van der Waals surface area contributed by atoms with Crippen molar-refractivity contribution in [2.45, 2.75) is 57.2 Å². The second kappa shape index (κ2) is 6.78. The van der Waals surface area contributed by atoms with Crippen LogP contribution in [0.3, 0.4) is 0 Å². The van der Waals surface area contributed by atoms with Crippen molar-refractivity contribution in [2.75, 3.05) is 26.2 Å². The average Bonchev–Trinajstić information content (AvgIpc) is 2.79. The third kappa shape index (κ3) is 4.65. The first-order chi connectivity index (χ1) is 9.46. The van der Waals surface area contributed by atoms with Crippen LogP contribution >= 0.6 is 0 Å². The quantitative estimate of drug-likeness (QED) is 0.778. The van der Waals surface area contributed by atoms with Gasteiger partial charge in [0.2, 0.25) is 5.91 Å². The maximum absolute atomic E-state index is 12.3. The van der Waals surface area contributed by atoms with Gasteiger partial charge in [0.15, 0.2) is 0 Å². The number of nitrogens with zero attached hydrogens (tertiary/aromatic N) is 2. The largest absolute Gasteiger partial charge is 0.390 e. The first kappa shape index (κ1) is 15.6. The standard InChI is InChI=1S/C14H23F3N2O/c15-14(16,17)7-11-18-8-2-1-4-12(18)6-10-19-9-3-5-13(19)20/h12H,1-11H2/t12-/m0/s1. The maximum atomic E-state index is 12.3. The van der Waals surface area contributed by atoms with Crippen LogP contribution in [0.15, 0.2) is 0 Å². The van der Waals surface area contributed by atoms with Gasteiger partial charge >= 0.3 is 6.18 Å². The second-order valence-corrected chi connectivity index (χ2v) is 5.82. The Balaban J connectivity index is 1.79. The molecule has 0 aromatic rings. The van der Waals surface area contributed by atoms with E-state index in [0.717, 1.165) is 45.2 Å². The summed E-state index contributed by atoms with van der Waals surface area (Å²) in [5.41, 5.74) is 0. The predicted molar refractivity (Wildman–Crippen MR) is 70.3 cm³/mol. The summed E-state index contributed by atoms with van der Waals surface area (Å²) in [6.07, 6.45) is 0.574. The summed E-state index contributed by atoms with van der Waals surface area (Å²) in [4.78, 5) is 15.4. The number of likely N-dealkylation sites (tertiary alicyclic amines) is 2. The van der Waals surface area contributed by atoms with E-state index in [1.807, 2.05) is 9.80 Å². The molecule has 2 aliphatic heterocycles. The van der Waals surface area contributed by atoms with Crippen molar-refractivity contribution in [3.8, 4) is 0 Å². The van der Waals surface area contributed by atoms with E-state index in [-0.39, 0.29) is 18.5 Å². The smallest absolute Gasteiger partial charge is 0.343 e. The van der Waals surface area contributed by atoms with Crippen molar-refractivity contribution in [3.05, 3.63) is 0 Å². The van der Waals surface area contributed by atoms with E-state index in [4.69, 9.17) is 0 Å². The Morgan fingerprint density at radius 2 is 1.90 bits per heavy atom. The van der Waals surface area contributed by atoms with Crippen molar-refractivity contribution in [2.24, 2.45) is 0 Å². The van der Waals surface area contributed by atoms with Gasteiger partial charge in [-0.1, -0.05) is 6.42 Å². The Kier molecular flexibility index (Phi) is 5.29. The lowest BCUT2D eigenvalue weighted by atomic mass is 9.99. The number of carbonyl (C=O) groups is 1. The minimum absolute atomic E-state index is 0.0993. The van der Waals surface area contributed by atoms with Gasteiger partial charge in [0.1, 0.15) is 0 Å². The molecular formula is C14H23F3N2O. The number of carbonyl (C=O) groups excluding carboxylic acids is 1. The first-order valence-corrected chi connectivity index (χ1v) is 7.54. The Bertz CT molecular complexity index is 333. The van der Waals surface area contributed by atoms with E-state index in [2.05, 4.69) is 0 Å². The summed E-state index contributed by atoms with van der Waals surface area (Å²) in [6.45, 7) is 2.37. The Hall–Kier alpha value is -0.780. The fraction of sp³-hybridized carbons (Fsp3) is 0.929. The molecule has 2 saturated heterocycles. The molecule has 6 heteroatoms. The van der Waals surface area contributed by atoms with Crippen molar-refractivity contribution in [1.29, 1.82) is 0 Å². The van der Waals surface area contributed by atoms with Crippen LogP contribution in [0.1, 0.15) is 44.9 Å². The highest BCUT2D eigenvalue weighted by Gasteiger charge is 2.31. The fourth-order valence-corrected chi connectivity index (χ4v) is 3.20. The minimum Gasteiger partial charge on any atom is -0.343 e. The Morgan fingerprint density at radius 1 is 1.10 bits per heavy atom. The van der Waals surface area contributed by atoms with Crippen LogP contribution in [-0.4, -0.2) is 54.1 Å². The van der Waals surface area contributed by atoms with Gasteiger partial charge in [-0.2, -0.15) is 13.2 Å². The summed E-state index contributed by atoms with van der Waals surface area (Å²) in [7, 11) is 0. The SMILES string of the molecule is O=C1CCCN1CC[C@@H]1CCCCN1CCC(F)(F)F. The van der Waals surface area contributed by atoms with Gasteiger partial charge in [-0.05, 0) is 32.2 Å². The van der Waals surface area contributed by atoms with Crippen LogP contribution in [0.2, 0.25) is 0 Å². The summed E-state index contributed by atoms with van der Waals surface area (Å²) >= 11 is 0. The molecule has 0 unspecified atom stereocenters. The van der Waals surface area contributed by atoms with E-state index in [0.29, 0.717) is 13.0 Å². The van der Waals surface area contributed by atoms with E-state index >= 15 is 0 Å². The lowest BCUT2D eigenvalue weighted by molar-refractivity contribution is -0.139. The van der Waals surface area contributed by atoms with E-state index in [9.17, 15) is 18.0 Å². The lowest BCUT2D eigenvalue weighted by Gasteiger charge is -2.36. The molecule has 2 heterocycles. The van der Waals surface area contributed by atoms with Crippen LogP contribution in [0.5, 0.6) is 0 Å². The molecule has 20 heavy (non-hydrogen) atoms. The van der Waals surface area contributed by atoms with Gasteiger partial charge in [0.25, 0.3) is 0 Å². The number of rotatable bonds is 5. The van der Waals surface area contributed by atoms with Crippen LogP contribution in [-0.2, 0) is 4.79 Å². The van der Waals surface area contributed by atoms with E-state index in [1.54, 1.807) is 0 Å². The molecule has 0 aliphatic carbocycles. The molecule has 0 radical (unpaired) electrons. The number of hydrogen-bond acceptors (Lipinski definition) is 2. The Labute approximate surface area is 118 Å². The zero-order valence-electron chi connectivity index (χ0n) is 11.8. The molecule has 2 fully saturated rings.